The summed E-state index contributed by atoms with van der Waals surface area (Å²) >= 11 is 2.03. The van der Waals surface area contributed by atoms with Crippen molar-refractivity contribution >= 4 is 22.7 Å². The molecule has 1 nitrogen and oxygen atoms in total. The summed E-state index contributed by atoms with van der Waals surface area (Å²) in [5, 5.41) is 2.14. The number of H-pyrrole nitrogens is 1. The molecule has 1 aliphatic carbocycles. The Morgan fingerprint density at radius 1 is 0.862 bits per heavy atom. The zero-order chi connectivity index (χ0) is 20.4. The Bertz CT molecular complexity index is 1090. The van der Waals surface area contributed by atoms with Crippen molar-refractivity contribution < 1.29 is 0 Å². The van der Waals surface area contributed by atoms with Crippen LogP contribution in [0.25, 0.3) is 33.2 Å². The predicted octanol–water partition coefficient (Wildman–Crippen LogP) is 8.34. The summed E-state index contributed by atoms with van der Waals surface area (Å²) in [6, 6.07) is 24.2. The van der Waals surface area contributed by atoms with E-state index in [1.807, 2.05) is 25.6 Å². The first-order valence-corrected chi connectivity index (χ1v) is 11.5. The highest BCUT2D eigenvalue weighted by Crippen LogP contribution is 2.47. The van der Waals surface area contributed by atoms with Crippen LogP contribution >= 0.6 is 11.8 Å². The van der Waals surface area contributed by atoms with E-state index in [4.69, 9.17) is 0 Å². The number of rotatable bonds is 4. The monoisotopic (exact) mass is 399 g/mol. The van der Waals surface area contributed by atoms with E-state index in [9.17, 15) is 0 Å². The molecule has 4 aromatic rings. The van der Waals surface area contributed by atoms with E-state index in [0.717, 1.165) is 11.2 Å². The van der Waals surface area contributed by atoms with Crippen molar-refractivity contribution in [3.8, 4) is 22.3 Å². The van der Waals surface area contributed by atoms with Gasteiger partial charge in [0.05, 0.1) is 0 Å². The fraction of sp³-hybridized carbons (Fsp3) is 0.259. The number of aryl methyl sites for hydroxylation is 1. The molecule has 148 valence electrons. The van der Waals surface area contributed by atoms with Gasteiger partial charge in [-0.15, -0.1) is 11.8 Å². The van der Waals surface area contributed by atoms with Crippen LogP contribution in [0.15, 0.2) is 77.8 Å². The third-order valence-corrected chi connectivity index (χ3v) is 7.16. The summed E-state index contributed by atoms with van der Waals surface area (Å²) in [5.74, 6) is 0.857. The minimum absolute atomic E-state index is 0.791. The molecule has 0 amide bonds. The molecule has 0 spiro atoms. The van der Waals surface area contributed by atoms with Gasteiger partial charge in [0, 0.05) is 27.2 Å². The van der Waals surface area contributed by atoms with E-state index in [-0.39, 0.29) is 0 Å². The van der Waals surface area contributed by atoms with Crippen LogP contribution in [-0.4, -0.2) is 10.2 Å². The van der Waals surface area contributed by atoms with Gasteiger partial charge in [0.2, 0.25) is 0 Å². The first kappa shape index (κ1) is 19.8. The van der Waals surface area contributed by atoms with Gasteiger partial charge in [-0.05, 0) is 59.2 Å². The van der Waals surface area contributed by atoms with Crippen LogP contribution in [0.5, 0.6) is 0 Å². The molecule has 1 aliphatic rings. The lowest BCUT2D eigenvalue weighted by atomic mass is 9.96. The maximum atomic E-state index is 3.47. The summed E-state index contributed by atoms with van der Waals surface area (Å²) < 4.78 is 0. The van der Waals surface area contributed by atoms with Crippen LogP contribution in [0.2, 0.25) is 0 Å². The van der Waals surface area contributed by atoms with Crippen molar-refractivity contribution in [3.63, 3.8) is 0 Å². The van der Waals surface area contributed by atoms with Crippen LogP contribution in [0.3, 0.4) is 0 Å². The molecule has 0 saturated heterocycles. The first-order valence-electron chi connectivity index (χ1n) is 10.6. The molecular formula is C27H29NS. The second kappa shape index (κ2) is 8.51. The number of nitrogens with one attached hydrogen (secondary N) is 1. The Kier molecular flexibility index (Phi) is 5.82. The number of thioether (sulfide) groups is 1. The Morgan fingerprint density at radius 2 is 1.48 bits per heavy atom. The summed E-state index contributed by atoms with van der Waals surface area (Å²) in [7, 11) is 0. The minimum Gasteiger partial charge on any atom is -0.360 e. The molecule has 3 aromatic carbocycles. The van der Waals surface area contributed by atoms with Gasteiger partial charge >= 0.3 is 0 Å². The van der Waals surface area contributed by atoms with Crippen molar-refractivity contribution in [2.75, 3.05) is 0 Å². The lowest BCUT2D eigenvalue weighted by Crippen LogP contribution is -1.85. The molecular weight excluding hydrogens is 370 g/mol. The Hall–Kier alpha value is -2.45. The molecule has 2 heteroatoms. The molecule has 1 fully saturated rings. The zero-order valence-electron chi connectivity index (χ0n) is 17.7. The largest absolute Gasteiger partial charge is 0.360 e. The highest BCUT2D eigenvalue weighted by molar-refractivity contribution is 8.00. The topological polar surface area (TPSA) is 15.8 Å². The maximum Gasteiger partial charge on any atom is 0.0468 e. The summed E-state index contributed by atoms with van der Waals surface area (Å²) in [4.78, 5) is 4.86. The van der Waals surface area contributed by atoms with Gasteiger partial charge in [0.25, 0.3) is 0 Å². The molecule has 1 N–H and O–H groups in total. The van der Waals surface area contributed by atoms with E-state index in [1.165, 1.54) is 50.0 Å². The fourth-order valence-corrected chi connectivity index (χ4v) is 5.13. The third kappa shape index (κ3) is 4.13. The number of hydrogen-bond acceptors (Lipinski definition) is 1. The summed E-state index contributed by atoms with van der Waals surface area (Å²) in [6.45, 7) is 8.55. The van der Waals surface area contributed by atoms with Crippen LogP contribution < -0.4 is 0 Å². The number of benzene rings is 3. The van der Waals surface area contributed by atoms with Gasteiger partial charge in [-0.2, -0.15) is 0 Å². The average Bonchev–Trinajstić information content (AvgIpc) is 3.33. The Morgan fingerprint density at radius 3 is 2.14 bits per heavy atom. The second-order valence-electron chi connectivity index (χ2n) is 7.68. The van der Waals surface area contributed by atoms with E-state index >= 15 is 0 Å². The maximum absolute atomic E-state index is 3.47. The summed E-state index contributed by atoms with van der Waals surface area (Å²) in [5.41, 5.74) is 7.69. The van der Waals surface area contributed by atoms with Crippen LogP contribution in [0.4, 0.5) is 0 Å². The minimum atomic E-state index is 0.791. The quantitative estimate of drug-likeness (QED) is 0.364. The molecule has 29 heavy (non-hydrogen) atoms. The molecule has 1 saturated carbocycles. The van der Waals surface area contributed by atoms with Gasteiger partial charge in [0.1, 0.15) is 0 Å². The van der Waals surface area contributed by atoms with Crippen molar-refractivity contribution in [3.05, 3.63) is 78.5 Å². The fourth-order valence-electron chi connectivity index (χ4n) is 3.75. The lowest BCUT2D eigenvalue weighted by molar-refractivity contribution is 0.987. The average molecular weight is 400 g/mol. The Labute approximate surface area is 178 Å². The Balaban J connectivity index is 0.000000994. The highest BCUT2D eigenvalue weighted by Gasteiger charge is 2.34. The summed E-state index contributed by atoms with van der Waals surface area (Å²) in [6.07, 6.45) is 3.53. The number of aromatic nitrogens is 1. The highest BCUT2D eigenvalue weighted by atomic mass is 32.2. The molecule has 0 aliphatic heterocycles. The van der Waals surface area contributed by atoms with E-state index in [0.29, 0.717) is 0 Å². The molecule has 2 atom stereocenters. The third-order valence-electron chi connectivity index (χ3n) is 5.61. The van der Waals surface area contributed by atoms with Crippen molar-refractivity contribution in [1.29, 1.82) is 0 Å². The predicted molar refractivity (Wildman–Crippen MR) is 129 cm³/mol. The van der Waals surface area contributed by atoms with Crippen molar-refractivity contribution in [2.24, 2.45) is 5.92 Å². The lowest BCUT2D eigenvalue weighted by Gasteiger charge is -2.09. The number of fused-ring (bicyclic) bond motifs is 1. The number of hydrogen-bond donors (Lipinski definition) is 1. The normalized spacial score (nSPS) is 17.7. The molecule has 0 radical (unpaired) electrons. The van der Waals surface area contributed by atoms with Gasteiger partial charge in [-0.3, -0.25) is 0 Å². The van der Waals surface area contributed by atoms with Crippen LogP contribution in [0, 0.1) is 12.8 Å². The molecule has 0 bridgehead atoms. The first-order chi connectivity index (χ1) is 14.2. The molecule has 1 aromatic heterocycles. The van der Waals surface area contributed by atoms with Gasteiger partial charge in [-0.25, -0.2) is 0 Å². The number of aromatic amines is 1. The van der Waals surface area contributed by atoms with E-state index < -0.39 is 0 Å². The molecule has 5 rings (SSSR count). The van der Waals surface area contributed by atoms with Crippen molar-refractivity contribution in [1.82, 2.24) is 4.98 Å². The van der Waals surface area contributed by atoms with Crippen LogP contribution in [0.1, 0.15) is 32.8 Å². The van der Waals surface area contributed by atoms with Crippen LogP contribution in [-0.2, 0) is 0 Å². The van der Waals surface area contributed by atoms with E-state index in [1.54, 1.807) is 0 Å². The standard InChI is InChI=1S/C25H23NS.C2H6/c1-16-12-23-22(25(15-26-23)27-24-13-17(24)2)14-21(16)20-10-8-19(9-11-20)18-6-4-3-5-7-18;1-2/h3-12,14-15,17,24,26H,13H2,1-2H3;1-2H3. The zero-order valence-corrected chi connectivity index (χ0v) is 18.5. The smallest absolute Gasteiger partial charge is 0.0468 e. The second-order valence-corrected chi connectivity index (χ2v) is 8.96. The van der Waals surface area contributed by atoms with E-state index in [2.05, 4.69) is 91.8 Å². The molecule has 2 unspecified atom stereocenters. The van der Waals surface area contributed by atoms with Gasteiger partial charge < -0.3 is 4.98 Å². The molecule has 1 heterocycles. The van der Waals surface area contributed by atoms with Crippen molar-refractivity contribution in [2.45, 2.75) is 44.3 Å². The van der Waals surface area contributed by atoms with Gasteiger partial charge in [0.15, 0.2) is 0 Å². The SMILES string of the molecule is CC.Cc1cc2[nH]cc(SC3CC3C)c2cc1-c1ccc(-c2ccccc2)cc1. The van der Waals surface area contributed by atoms with Gasteiger partial charge in [-0.1, -0.05) is 75.4 Å².